The number of nitrogens with zero attached hydrogens (tertiary/aromatic N) is 1. The first-order chi connectivity index (χ1) is 8.61. The molecule has 18 heavy (non-hydrogen) atoms. The van der Waals surface area contributed by atoms with Gasteiger partial charge in [0.2, 0.25) is 0 Å². The van der Waals surface area contributed by atoms with Crippen LogP contribution in [-0.2, 0) is 11.2 Å². The molecule has 3 heteroatoms. The topological polar surface area (TPSA) is 30.0 Å². The highest BCUT2D eigenvalue weighted by Gasteiger charge is 2.39. The van der Waals surface area contributed by atoms with Crippen LogP contribution in [0.4, 0.5) is 0 Å². The molecule has 0 saturated heterocycles. The number of hydrogen-bond donors (Lipinski definition) is 0. The molecule has 3 atom stereocenters. The molecular weight excluding hydrogens is 242 g/mol. The fraction of sp³-hybridized carbons (Fsp3) is 0.733. The number of aromatic nitrogens is 1. The Balaban J connectivity index is 1.56. The molecule has 0 spiro atoms. The first-order valence-corrected chi connectivity index (χ1v) is 7.88. The smallest absolute Gasteiger partial charge is 0.139 e. The second-order valence-electron chi connectivity index (χ2n) is 6.10. The van der Waals surface area contributed by atoms with Gasteiger partial charge in [-0.05, 0) is 50.9 Å². The van der Waals surface area contributed by atoms with Gasteiger partial charge in [0.25, 0.3) is 0 Å². The van der Waals surface area contributed by atoms with E-state index in [1.807, 2.05) is 6.92 Å². The number of ketones is 1. The van der Waals surface area contributed by atoms with Crippen molar-refractivity contribution >= 4 is 17.1 Å². The maximum atomic E-state index is 12.1. The average Bonchev–Trinajstić information content (AvgIpc) is 2.96. The van der Waals surface area contributed by atoms with Gasteiger partial charge in [-0.15, -0.1) is 11.3 Å². The van der Waals surface area contributed by atoms with Crippen LogP contribution in [-0.4, -0.2) is 10.8 Å². The summed E-state index contributed by atoms with van der Waals surface area (Å²) in [5.41, 5.74) is 1.09. The van der Waals surface area contributed by atoms with Crippen molar-refractivity contribution in [2.45, 2.75) is 52.4 Å². The zero-order chi connectivity index (χ0) is 12.7. The van der Waals surface area contributed by atoms with E-state index in [9.17, 15) is 4.79 Å². The monoisotopic (exact) mass is 263 g/mol. The Kier molecular flexibility index (Phi) is 3.27. The third-order valence-electron chi connectivity index (χ3n) is 4.80. The normalized spacial score (nSPS) is 30.0. The Hall–Kier alpha value is -0.700. The summed E-state index contributed by atoms with van der Waals surface area (Å²) >= 11 is 1.68. The average molecular weight is 263 g/mol. The molecule has 2 nitrogen and oxygen atoms in total. The summed E-state index contributed by atoms with van der Waals surface area (Å²) in [7, 11) is 0. The molecule has 98 valence electrons. The number of fused-ring (bicyclic) bond motifs is 2. The van der Waals surface area contributed by atoms with Gasteiger partial charge in [0.05, 0.1) is 12.1 Å². The number of Topliss-reactive ketones (excluding diaryl/α,β-unsaturated/α-hetero) is 1. The van der Waals surface area contributed by atoms with E-state index in [1.165, 1.54) is 30.6 Å². The number of aryl methyl sites for hydroxylation is 2. The van der Waals surface area contributed by atoms with Gasteiger partial charge in [-0.1, -0.05) is 6.42 Å². The van der Waals surface area contributed by atoms with E-state index in [2.05, 4.69) is 11.9 Å². The molecule has 1 aromatic rings. The number of carbonyl (C=O) groups excluding carboxylic acids is 1. The quantitative estimate of drug-likeness (QED) is 0.829. The summed E-state index contributed by atoms with van der Waals surface area (Å²) in [6.45, 7) is 4.10. The first-order valence-electron chi connectivity index (χ1n) is 7.06. The summed E-state index contributed by atoms with van der Waals surface area (Å²) < 4.78 is 0. The predicted molar refractivity (Wildman–Crippen MR) is 73.9 cm³/mol. The van der Waals surface area contributed by atoms with Crippen LogP contribution in [0, 0.1) is 31.6 Å². The molecule has 3 rings (SSSR count). The molecule has 2 aliphatic rings. The van der Waals surface area contributed by atoms with Crippen LogP contribution in [0.2, 0.25) is 0 Å². The Bertz CT molecular complexity index is 446. The third-order valence-corrected chi connectivity index (χ3v) is 5.87. The van der Waals surface area contributed by atoms with Gasteiger partial charge < -0.3 is 0 Å². The molecular formula is C15H21NOS. The number of thiazole rings is 1. The SMILES string of the molecule is Cc1nc(CC(=O)CC2CC3CCC2C3)sc1C. The molecule has 2 bridgehead atoms. The maximum Gasteiger partial charge on any atom is 0.139 e. The second-order valence-corrected chi connectivity index (χ2v) is 7.39. The van der Waals surface area contributed by atoms with Crippen LogP contribution in [0.25, 0.3) is 0 Å². The van der Waals surface area contributed by atoms with E-state index >= 15 is 0 Å². The summed E-state index contributed by atoms with van der Waals surface area (Å²) in [4.78, 5) is 17.9. The molecule has 2 saturated carbocycles. The number of carbonyl (C=O) groups is 1. The zero-order valence-electron chi connectivity index (χ0n) is 11.2. The minimum absolute atomic E-state index is 0.404. The lowest BCUT2D eigenvalue weighted by Crippen LogP contribution is -2.16. The van der Waals surface area contributed by atoms with Crippen molar-refractivity contribution in [1.29, 1.82) is 0 Å². The summed E-state index contributed by atoms with van der Waals surface area (Å²) in [6, 6.07) is 0. The van der Waals surface area contributed by atoms with Gasteiger partial charge in [0, 0.05) is 11.3 Å². The van der Waals surface area contributed by atoms with Crippen molar-refractivity contribution in [2.24, 2.45) is 17.8 Å². The highest BCUT2D eigenvalue weighted by atomic mass is 32.1. The minimum atomic E-state index is 0.404. The molecule has 0 aliphatic heterocycles. The maximum absolute atomic E-state index is 12.1. The van der Waals surface area contributed by atoms with E-state index in [1.54, 1.807) is 11.3 Å². The Morgan fingerprint density at radius 3 is 2.72 bits per heavy atom. The van der Waals surface area contributed by atoms with Crippen LogP contribution in [0.15, 0.2) is 0 Å². The largest absolute Gasteiger partial charge is 0.299 e. The molecule has 2 aliphatic carbocycles. The Morgan fingerprint density at radius 2 is 2.17 bits per heavy atom. The van der Waals surface area contributed by atoms with E-state index in [0.717, 1.165) is 29.0 Å². The van der Waals surface area contributed by atoms with Gasteiger partial charge >= 0.3 is 0 Å². The molecule has 2 fully saturated rings. The van der Waals surface area contributed by atoms with Gasteiger partial charge in [-0.2, -0.15) is 0 Å². The Morgan fingerprint density at radius 1 is 1.33 bits per heavy atom. The van der Waals surface area contributed by atoms with Crippen LogP contribution in [0.1, 0.15) is 47.7 Å². The van der Waals surface area contributed by atoms with Crippen LogP contribution in [0.5, 0.6) is 0 Å². The molecule has 0 aromatic carbocycles. The predicted octanol–water partition coefficient (Wildman–Crippen LogP) is 3.70. The molecule has 0 radical (unpaired) electrons. The molecule has 3 unspecified atom stereocenters. The van der Waals surface area contributed by atoms with Gasteiger partial charge in [-0.3, -0.25) is 4.79 Å². The van der Waals surface area contributed by atoms with Crippen LogP contribution >= 0.6 is 11.3 Å². The van der Waals surface area contributed by atoms with Crippen molar-refractivity contribution in [3.63, 3.8) is 0 Å². The highest BCUT2D eigenvalue weighted by molar-refractivity contribution is 7.11. The molecule has 1 heterocycles. The number of rotatable bonds is 4. The van der Waals surface area contributed by atoms with E-state index < -0.39 is 0 Å². The van der Waals surface area contributed by atoms with Crippen molar-refractivity contribution < 1.29 is 4.79 Å². The fourth-order valence-corrected chi connectivity index (χ4v) is 4.74. The van der Waals surface area contributed by atoms with Crippen molar-refractivity contribution in [2.75, 3.05) is 0 Å². The van der Waals surface area contributed by atoms with E-state index in [4.69, 9.17) is 0 Å². The van der Waals surface area contributed by atoms with Crippen LogP contribution in [0.3, 0.4) is 0 Å². The van der Waals surface area contributed by atoms with Crippen LogP contribution < -0.4 is 0 Å². The summed E-state index contributed by atoms with van der Waals surface area (Å²) in [5.74, 6) is 2.90. The summed E-state index contributed by atoms with van der Waals surface area (Å²) in [5, 5.41) is 1.01. The molecule has 0 amide bonds. The van der Waals surface area contributed by atoms with Gasteiger partial charge in [-0.25, -0.2) is 4.98 Å². The minimum Gasteiger partial charge on any atom is -0.299 e. The van der Waals surface area contributed by atoms with Crippen molar-refractivity contribution in [3.8, 4) is 0 Å². The second kappa shape index (κ2) is 4.76. The summed E-state index contributed by atoms with van der Waals surface area (Å²) in [6.07, 6.45) is 6.87. The van der Waals surface area contributed by atoms with E-state index in [-0.39, 0.29) is 0 Å². The number of hydrogen-bond acceptors (Lipinski definition) is 3. The van der Waals surface area contributed by atoms with Crippen molar-refractivity contribution in [3.05, 3.63) is 15.6 Å². The molecule has 1 aromatic heterocycles. The highest BCUT2D eigenvalue weighted by Crippen LogP contribution is 2.49. The van der Waals surface area contributed by atoms with Gasteiger partial charge in [0.1, 0.15) is 10.8 Å². The van der Waals surface area contributed by atoms with Gasteiger partial charge in [0.15, 0.2) is 0 Å². The zero-order valence-corrected chi connectivity index (χ0v) is 12.1. The standard InChI is InChI=1S/C15H21NOS/c1-9-10(2)18-15(16-9)8-14(17)7-13-6-11-3-4-12(13)5-11/h11-13H,3-8H2,1-2H3. The lowest BCUT2D eigenvalue weighted by Gasteiger charge is -2.20. The van der Waals surface area contributed by atoms with E-state index in [0.29, 0.717) is 18.1 Å². The lowest BCUT2D eigenvalue weighted by molar-refractivity contribution is -0.119. The lowest BCUT2D eigenvalue weighted by atomic mass is 9.85. The van der Waals surface area contributed by atoms with Crippen molar-refractivity contribution in [1.82, 2.24) is 4.98 Å². The molecule has 0 N–H and O–H groups in total. The Labute approximate surface area is 113 Å². The fourth-order valence-electron chi connectivity index (χ4n) is 3.77. The first kappa shape index (κ1) is 12.3. The third kappa shape index (κ3) is 2.37.